The zero-order valence-corrected chi connectivity index (χ0v) is 15.6. The van der Waals surface area contributed by atoms with E-state index in [4.69, 9.17) is 11.6 Å². The van der Waals surface area contributed by atoms with Crippen molar-refractivity contribution in [2.24, 2.45) is 5.92 Å². The van der Waals surface area contributed by atoms with Gasteiger partial charge in [-0.25, -0.2) is 4.98 Å². The third-order valence-electron chi connectivity index (χ3n) is 5.12. The van der Waals surface area contributed by atoms with Crippen molar-refractivity contribution in [3.63, 3.8) is 0 Å². The molecule has 2 aromatic rings. The van der Waals surface area contributed by atoms with E-state index in [9.17, 15) is 4.79 Å². The first kappa shape index (κ1) is 18.0. The Morgan fingerprint density at radius 3 is 2.60 bits per heavy atom. The number of halogens is 1. The molecule has 1 aromatic heterocycles. The molecule has 0 bridgehead atoms. The summed E-state index contributed by atoms with van der Waals surface area (Å²) in [5, 5.41) is 0.758. The van der Waals surface area contributed by atoms with Gasteiger partial charge in [-0.15, -0.1) is 0 Å². The molecule has 0 radical (unpaired) electrons. The number of piperidine rings is 1. The fourth-order valence-corrected chi connectivity index (χ4v) is 3.62. The average Bonchev–Trinajstić information content (AvgIpc) is 3.02. The number of hydrogen-bond acceptors (Lipinski definition) is 2. The van der Waals surface area contributed by atoms with Crippen molar-refractivity contribution >= 4 is 17.5 Å². The second kappa shape index (κ2) is 8.52. The molecule has 3 rings (SSSR count). The van der Waals surface area contributed by atoms with Gasteiger partial charge >= 0.3 is 0 Å². The Balaban J connectivity index is 1.38. The molecule has 1 amide bonds. The van der Waals surface area contributed by atoms with E-state index in [-0.39, 0.29) is 0 Å². The lowest BCUT2D eigenvalue weighted by Crippen LogP contribution is -2.39. The van der Waals surface area contributed by atoms with Crippen molar-refractivity contribution in [1.82, 2.24) is 14.5 Å². The van der Waals surface area contributed by atoms with Crippen LogP contribution in [0.3, 0.4) is 0 Å². The van der Waals surface area contributed by atoms with Crippen molar-refractivity contribution in [1.29, 1.82) is 0 Å². The number of nitrogens with zero attached hydrogens (tertiary/aromatic N) is 3. The van der Waals surface area contributed by atoms with Crippen LogP contribution in [0.25, 0.3) is 0 Å². The first-order valence-electron chi connectivity index (χ1n) is 9.12. The van der Waals surface area contributed by atoms with Crippen LogP contribution < -0.4 is 0 Å². The quantitative estimate of drug-likeness (QED) is 0.778. The average molecular weight is 360 g/mol. The summed E-state index contributed by atoms with van der Waals surface area (Å²) in [5.74, 6) is 2.01. The summed E-state index contributed by atoms with van der Waals surface area (Å²) in [6.45, 7) is 4.83. The molecule has 1 aliphatic heterocycles. The molecule has 0 atom stereocenters. The summed E-state index contributed by atoms with van der Waals surface area (Å²) < 4.78 is 2.22. The maximum atomic E-state index is 12.4. The Kier molecular flexibility index (Phi) is 6.14. The minimum atomic E-state index is 0.297. The minimum absolute atomic E-state index is 0.297. The zero-order chi connectivity index (χ0) is 17.6. The molecule has 25 heavy (non-hydrogen) atoms. The molecule has 4 nitrogen and oxygen atoms in total. The number of amides is 1. The molecular formula is C20H26ClN3O. The summed E-state index contributed by atoms with van der Waals surface area (Å²) in [7, 11) is 0. The van der Waals surface area contributed by atoms with Crippen molar-refractivity contribution in [2.75, 3.05) is 13.1 Å². The van der Waals surface area contributed by atoms with E-state index in [1.807, 2.05) is 48.5 Å². The molecule has 0 aliphatic carbocycles. The summed E-state index contributed by atoms with van der Waals surface area (Å²) in [5.41, 5.74) is 1.24. The van der Waals surface area contributed by atoms with E-state index in [0.29, 0.717) is 18.2 Å². The number of carbonyl (C=O) groups is 1. The van der Waals surface area contributed by atoms with Crippen molar-refractivity contribution in [3.8, 4) is 0 Å². The number of rotatable bonds is 6. The molecule has 1 fully saturated rings. The molecule has 1 aliphatic rings. The fraction of sp³-hybridized carbons (Fsp3) is 0.500. The maximum Gasteiger partial charge on any atom is 0.222 e. The molecule has 0 spiro atoms. The van der Waals surface area contributed by atoms with Crippen molar-refractivity contribution < 1.29 is 4.79 Å². The smallest absolute Gasteiger partial charge is 0.222 e. The van der Waals surface area contributed by atoms with Crippen molar-refractivity contribution in [3.05, 3.63) is 53.1 Å². The third kappa shape index (κ3) is 5.08. The second-order valence-electron chi connectivity index (χ2n) is 6.93. The number of carbonyl (C=O) groups excluding carboxylic acids is 1. The molecule has 1 aromatic carbocycles. The predicted molar refractivity (Wildman–Crippen MR) is 101 cm³/mol. The van der Waals surface area contributed by atoms with Gasteiger partial charge in [-0.1, -0.05) is 23.7 Å². The summed E-state index contributed by atoms with van der Waals surface area (Å²) in [6, 6.07) is 7.89. The first-order valence-corrected chi connectivity index (χ1v) is 9.49. The lowest BCUT2D eigenvalue weighted by atomic mass is 9.96. The van der Waals surface area contributed by atoms with E-state index in [0.717, 1.165) is 56.2 Å². The number of likely N-dealkylation sites (tertiary alicyclic amines) is 1. The molecular weight excluding hydrogens is 334 g/mol. The number of aryl methyl sites for hydroxylation is 2. The standard InChI is InChI=1S/C20H26ClN3O/c1-16-22-11-14-24(16)15-18-9-12-23(13-10-18)20(25)4-2-3-17-5-7-19(21)8-6-17/h5-8,11,14,18H,2-4,9-10,12-13,15H2,1H3. The summed E-state index contributed by atoms with van der Waals surface area (Å²) >= 11 is 5.90. The number of aromatic nitrogens is 2. The van der Waals surface area contributed by atoms with Crippen LogP contribution in [0, 0.1) is 12.8 Å². The van der Waals surface area contributed by atoms with Gasteiger partial charge in [0.15, 0.2) is 0 Å². The van der Waals surface area contributed by atoms with Gasteiger partial charge in [-0.3, -0.25) is 4.79 Å². The van der Waals surface area contributed by atoms with E-state index >= 15 is 0 Å². The lowest BCUT2D eigenvalue weighted by Gasteiger charge is -2.32. The van der Waals surface area contributed by atoms with Gasteiger partial charge in [0.05, 0.1) is 0 Å². The van der Waals surface area contributed by atoms with Gasteiger partial charge in [0, 0.05) is 43.5 Å². The molecule has 0 unspecified atom stereocenters. The SMILES string of the molecule is Cc1nccn1CC1CCN(C(=O)CCCc2ccc(Cl)cc2)CC1. The number of hydrogen-bond donors (Lipinski definition) is 0. The van der Waals surface area contributed by atoms with Crippen LogP contribution in [-0.2, 0) is 17.8 Å². The van der Waals surface area contributed by atoms with Gasteiger partial charge in [0.1, 0.15) is 5.82 Å². The normalized spacial score (nSPS) is 15.5. The second-order valence-corrected chi connectivity index (χ2v) is 7.37. The number of benzene rings is 1. The van der Waals surface area contributed by atoms with E-state index < -0.39 is 0 Å². The van der Waals surface area contributed by atoms with Gasteiger partial charge in [0.25, 0.3) is 0 Å². The fourth-order valence-electron chi connectivity index (χ4n) is 3.49. The highest BCUT2D eigenvalue weighted by molar-refractivity contribution is 6.30. The highest BCUT2D eigenvalue weighted by atomic mass is 35.5. The van der Waals surface area contributed by atoms with Crippen LogP contribution in [-0.4, -0.2) is 33.4 Å². The van der Waals surface area contributed by atoms with Gasteiger partial charge < -0.3 is 9.47 Å². The minimum Gasteiger partial charge on any atom is -0.343 e. The molecule has 2 heterocycles. The van der Waals surface area contributed by atoms with E-state index in [1.165, 1.54) is 5.56 Å². The van der Waals surface area contributed by atoms with Crippen LogP contribution in [0.15, 0.2) is 36.7 Å². The van der Waals surface area contributed by atoms with Gasteiger partial charge in [-0.05, 0) is 56.2 Å². The first-order chi connectivity index (χ1) is 12.1. The monoisotopic (exact) mass is 359 g/mol. The maximum absolute atomic E-state index is 12.4. The molecule has 1 saturated heterocycles. The highest BCUT2D eigenvalue weighted by Gasteiger charge is 2.22. The summed E-state index contributed by atoms with van der Waals surface area (Å²) in [6.07, 6.45) is 8.53. The van der Waals surface area contributed by atoms with Crippen LogP contribution >= 0.6 is 11.6 Å². The number of imidazole rings is 1. The summed E-state index contributed by atoms with van der Waals surface area (Å²) in [4.78, 5) is 18.7. The van der Waals surface area contributed by atoms with E-state index in [1.54, 1.807) is 0 Å². The Morgan fingerprint density at radius 1 is 1.24 bits per heavy atom. The largest absolute Gasteiger partial charge is 0.343 e. The zero-order valence-electron chi connectivity index (χ0n) is 14.8. The third-order valence-corrected chi connectivity index (χ3v) is 5.37. The van der Waals surface area contributed by atoms with Crippen LogP contribution in [0.1, 0.15) is 37.1 Å². The Hall–Kier alpha value is -1.81. The molecule has 0 saturated carbocycles. The topological polar surface area (TPSA) is 38.1 Å². The Labute approximate surface area is 154 Å². The Bertz CT molecular complexity index is 687. The van der Waals surface area contributed by atoms with Crippen LogP contribution in [0.4, 0.5) is 0 Å². The highest BCUT2D eigenvalue weighted by Crippen LogP contribution is 2.21. The molecule has 0 N–H and O–H groups in total. The van der Waals surface area contributed by atoms with Crippen molar-refractivity contribution in [2.45, 2.75) is 45.6 Å². The van der Waals surface area contributed by atoms with Gasteiger partial charge in [-0.2, -0.15) is 0 Å². The molecule has 5 heteroatoms. The van der Waals surface area contributed by atoms with E-state index in [2.05, 4.69) is 9.55 Å². The lowest BCUT2D eigenvalue weighted by molar-refractivity contribution is -0.132. The predicted octanol–water partition coefficient (Wildman–Crippen LogP) is 4.11. The molecule has 134 valence electrons. The van der Waals surface area contributed by atoms with Crippen LogP contribution in [0.2, 0.25) is 5.02 Å². The van der Waals surface area contributed by atoms with Gasteiger partial charge in [0.2, 0.25) is 5.91 Å². The Morgan fingerprint density at radius 2 is 1.96 bits per heavy atom. The van der Waals surface area contributed by atoms with Crippen LogP contribution in [0.5, 0.6) is 0 Å².